The summed E-state index contributed by atoms with van der Waals surface area (Å²) >= 11 is 0. The Morgan fingerprint density at radius 3 is 2.41 bits per heavy atom. The molecule has 0 aromatic heterocycles. The fourth-order valence-corrected chi connectivity index (χ4v) is 1.51. The second kappa shape index (κ2) is 11.9. The molecule has 0 aliphatic heterocycles. The summed E-state index contributed by atoms with van der Waals surface area (Å²) in [7, 11) is 0. The van der Waals surface area contributed by atoms with E-state index in [0.717, 1.165) is 32.3 Å². The van der Waals surface area contributed by atoms with Gasteiger partial charge in [0.25, 0.3) is 0 Å². The molecule has 0 rings (SSSR count). The molecule has 102 valence electrons. The topological polar surface area (TPSA) is 35.5 Å². The maximum absolute atomic E-state index is 11.4. The van der Waals surface area contributed by atoms with E-state index >= 15 is 0 Å². The first-order valence-corrected chi connectivity index (χ1v) is 6.97. The van der Waals surface area contributed by atoms with Gasteiger partial charge in [-0.1, -0.05) is 39.5 Å². The molecule has 0 aliphatic carbocycles. The molecule has 0 spiro atoms. The second-order valence-corrected chi connectivity index (χ2v) is 4.54. The van der Waals surface area contributed by atoms with E-state index in [-0.39, 0.29) is 12.1 Å². The molecule has 0 saturated carbocycles. The predicted octanol–water partition coefficient (Wildman–Crippen LogP) is 3.71. The molecule has 0 N–H and O–H groups in total. The molecule has 0 radical (unpaired) electrons. The smallest absolute Gasteiger partial charge is 0.306 e. The first kappa shape index (κ1) is 16.4. The normalized spacial score (nSPS) is 12.4. The first-order chi connectivity index (χ1) is 8.20. The van der Waals surface area contributed by atoms with Gasteiger partial charge in [-0.2, -0.15) is 0 Å². The van der Waals surface area contributed by atoms with Gasteiger partial charge in [0.2, 0.25) is 0 Å². The fourth-order valence-electron chi connectivity index (χ4n) is 1.51. The number of esters is 1. The standard InChI is InChI=1S/C14H28O3/c1-4-6-8-9-10-14(15)17-13(3)12-16-11-7-5-2/h13H,4-12H2,1-3H3. The Balaban J connectivity index is 3.38. The molecule has 0 bridgehead atoms. The minimum atomic E-state index is -0.120. The maximum atomic E-state index is 11.4. The molecule has 0 amide bonds. The molecule has 0 aromatic rings. The van der Waals surface area contributed by atoms with Gasteiger partial charge in [-0.15, -0.1) is 0 Å². The highest BCUT2D eigenvalue weighted by atomic mass is 16.6. The number of rotatable bonds is 11. The van der Waals surface area contributed by atoms with Gasteiger partial charge in [0.15, 0.2) is 0 Å². The summed E-state index contributed by atoms with van der Waals surface area (Å²) in [6.07, 6.45) is 7.07. The van der Waals surface area contributed by atoms with Crippen LogP contribution in [0.2, 0.25) is 0 Å². The van der Waals surface area contributed by atoms with Crippen molar-refractivity contribution in [3.05, 3.63) is 0 Å². The van der Waals surface area contributed by atoms with Crippen molar-refractivity contribution in [2.75, 3.05) is 13.2 Å². The zero-order chi connectivity index (χ0) is 12.9. The lowest BCUT2D eigenvalue weighted by molar-refractivity contribution is -0.151. The Morgan fingerprint density at radius 1 is 1.06 bits per heavy atom. The van der Waals surface area contributed by atoms with Crippen LogP contribution in [-0.4, -0.2) is 25.3 Å². The summed E-state index contributed by atoms with van der Waals surface area (Å²) in [5.41, 5.74) is 0. The van der Waals surface area contributed by atoms with Gasteiger partial charge in [-0.05, 0) is 19.8 Å². The molecule has 17 heavy (non-hydrogen) atoms. The van der Waals surface area contributed by atoms with Crippen LogP contribution in [-0.2, 0) is 14.3 Å². The van der Waals surface area contributed by atoms with E-state index in [2.05, 4.69) is 13.8 Å². The summed E-state index contributed by atoms with van der Waals surface area (Å²) < 4.78 is 10.6. The lowest BCUT2D eigenvalue weighted by Gasteiger charge is -2.13. The highest BCUT2D eigenvalue weighted by Crippen LogP contribution is 2.05. The molecule has 3 nitrogen and oxygen atoms in total. The summed E-state index contributed by atoms with van der Waals surface area (Å²) in [4.78, 5) is 11.4. The van der Waals surface area contributed by atoms with Crippen molar-refractivity contribution in [1.29, 1.82) is 0 Å². The minimum Gasteiger partial charge on any atom is -0.460 e. The van der Waals surface area contributed by atoms with E-state index in [4.69, 9.17) is 9.47 Å². The van der Waals surface area contributed by atoms with Crippen LogP contribution < -0.4 is 0 Å². The van der Waals surface area contributed by atoms with Gasteiger partial charge in [-0.25, -0.2) is 0 Å². The number of carbonyl (C=O) groups is 1. The number of ether oxygens (including phenoxy) is 2. The average Bonchev–Trinajstić information content (AvgIpc) is 2.30. The third-order valence-corrected chi connectivity index (χ3v) is 2.56. The number of carbonyl (C=O) groups excluding carboxylic acids is 1. The molecule has 0 saturated heterocycles. The van der Waals surface area contributed by atoms with Crippen LogP contribution in [0, 0.1) is 0 Å². The van der Waals surface area contributed by atoms with Gasteiger partial charge in [0, 0.05) is 13.0 Å². The van der Waals surface area contributed by atoms with Crippen LogP contribution in [0.4, 0.5) is 0 Å². The monoisotopic (exact) mass is 244 g/mol. The van der Waals surface area contributed by atoms with Crippen molar-refractivity contribution in [3.8, 4) is 0 Å². The Morgan fingerprint density at radius 2 is 1.76 bits per heavy atom. The highest BCUT2D eigenvalue weighted by molar-refractivity contribution is 5.69. The lowest BCUT2D eigenvalue weighted by Crippen LogP contribution is -2.20. The Labute approximate surface area is 106 Å². The molecule has 0 aromatic carbocycles. The Hall–Kier alpha value is -0.570. The van der Waals surface area contributed by atoms with Crippen molar-refractivity contribution in [1.82, 2.24) is 0 Å². The third kappa shape index (κ3) is 11.7. The molecular weight excluding hydrogens is 216 g/mol. The zero-order valence-electron chi connectivity index (χ0n) is 11.7. The van der Waals surface area contributed by atoms with E-state index in [9.17, 15) is 4.79 Å². The van der Waals surface area contributed by atoms with Crippen molar-refractivity contribution in [3.63, 3.8) is 0 Å². The van der Waals surface area contributed by atoms with Crippen LogP contribution in [0.5, 0.6) is 0 Å². The lowest BCUT2D eigenvalue weighted by atomic mass is 10.1. The van der Waals surface area contributed by atoms with Crippen molar-refractivity contribution >= 4 is 5.97 Å². The highest BCUT2D eigenvalue weighted by Gasteiger charge is 2.08. The molecular formula is C14H28O3. The van der Waals surface area contributed by atoms with Crippen LogP contribution >= 0.6 is 0 Å². The number of hydrogen-bond donors (Lipinski definition) is 0. The zero-order valence-corrected chi connectivity index (χ0v) is 11.7. The van der Waals surface area contributed by atoms with Crippen molar-refractivity contribution < 1.29 is 14.3 Å². The maximum Gasteiger partial charge on any atom is 0.306 e. The van der Waals surface area contributed by atoms with Gasteiger partial charge in [0.1, 0.15) is 6.10 Å². The SMILES string of the molecule is CCCCCCC(=O)OC(C)COCCCC. The van der Waals surface area contributed by atoms with Gasteiger partial charge in [-0.3, -0.25) is 4.79 Å². The Kier molecular flexibility index (Phi) is 11.5. The van der Waals surface area contributed by atoms with E-state index in [1.54, 1.807) is 0 Å². The minimum absolute atomic E-state index is 0.0901. The largest absolute Gasteiger partial charge is 0.460 e. The van der Waals surface area contributed by atoms with Crippen LogP contribution in [0.25, 0.3) is 0 Å². The van der Waals surface area contributed by atoms with Gasteiger partial charge < -0.3 is 9.47 Å². The summed E-state index contributed by atoms with van der Waals surface area (Å²) in [5.74, 6) is -0.0901. The third-order valence-electron chi connectivity index (χ3n) is 2.56. The summed E-state index contributed by atoms with van der Waals surface area (Å²) in [6, 6.07) is 0. The van der Waals surface area contributed by atoms with E-state index < -0.39 is 0 Å². The van der Waals surface area contributed by atoms with Crippen LogP contribution in [0.15, 0.2) is 0 Å². The first-order valence-electron chi connectivity index (χ1n) is 6.97. The molecule has 1 unspecified atom stereocenters. The summed E-state index contributed by atoms with van der Waals surface area (Å²) in [5, 5.41) is 0. The van der Waals surface area contributed by atoms with Crippen molar-refractivity contribution in [2.24, 2.45) is 0 Å². The van der Waals surface area contributed by atoms with Gasteiger partial charge >= 0.3 is 5.97 Å². The fraction of sp³-hybridized carbons (Fsp3) is 0.929. The van der Waals surface area contributed by atoms with E-state index in [1.807, 2.05) is 6.92 Å². The Bertz CT molecular complexity index is 180. The average molecular weight is 244 g/mol. The number of hydrogen-bond acceptors (Lipinski definition) is 3. The van der Waals surface area contributed by atoms with Crippen LogP contribution in [0.1, 0.15) is 65.7 Å². The second-order valence-electron chi connectivity index (χ2n) is 4.54. The molecule has 0 fully saturated rings. The predicted molar refractivity (Wildman–Crippen MR) is 70.0 cm³/mol. The van der Waals surface area contributed by atoms with Gasteiger partial charge in [0.05, 0.1) is 6.61 Å². The quantitative estimate of drug-likeness (QED) is 0.410. The number of unbranched alkanes of at least 4 members (excludes halogenated alkanes) is 4. The van der Waals surface area contributed by atoms with E-state index in [0.29, 0.717) is 13.0 Å². The van der Waals surface area contributed by atoms with Crippen molar-refractivity contribution in [2.45, 2.75) is 71.8 Å². The van der Waals surface area contributed by atoms with E-state index in [1.165, 1.54) is 12.8 Å². The molecule has 0 heterocycles. The summed E-state index contributed by atoms with van der Waals surface area (Å²) in [6.45, 7) is 7.45. The van der Waals surface area contributed by atoms with Crippen LogP contribution in [0.3, 0.4) is 0 Å². The molecule has 0 aliphatic rings. The molecule has 3 heteroatoms. The molecule has 1 atom stereocenters.